The molecule has 0 saturated heterocycles. The second-order valence-electron chi connectivity index (χ2n) is 11.8. The molecule has 7 heteroatoms. The Bertz CT molecular complexity index is 908. The topological polar surface area (TPSA) is 92.7 Å². The summed E-state index contributed by atoms with van der Waals surface area (Å²) in [5.74, 6) is 0.554. The average molecular weight is 486 g/mol. The van der Waals surface area contributed by atoms with Gasteiger partial charge in [0.05, 0.1) is 24.2 Å². The first-order valence-electron chi connectivity index (χ1n) is 13.3. The Labute approximate surface area is 210 Å². The molecule has 5 atom stereocenters. The Balaban J connectivity index is 1.42. The molecule has 1 spiro atoms. The zero-order valence-corrected chi connectivity index (χ0v) is 21.8. The largest absolute Gasteiger partial charge is 0.471 e. The number of aromatic nitrogens is 1. The van der Waals surface area contributed by atoms with E-state index in [1.165, 1.54) is 12.0 Å². The molecule has 3 N–H and O–H groups in total. The number of nitrogens with one attached hydrogen (secondary N) is 2. The normalized spacial score (nSPS) is 26.1. The molecule has 0 aromatic carbocycles. The molecule has 1 aromatic rings. The second-order valence-corrected chi connectivity index (χ2v) is 11.8. The van der Waals surface area contributed by atoms with Crippen LogP contribution in [0, 0.1) is 11.3 Å². The first-order valence-corrected chi connectivity index (χ1v) is 13.3. The summed E-state index contributed by atoms with van der Waals surface area (Å²) in [5, 5.41) is 17.7. The molecule has 1 aliphatic heterocycles. The predicted molar refractivity (Wildman–Crippen MR) is 136 cm³/mol. The van der Waals surface area contributed by atoms with Crippen LogP contribution in [0.15, 0.2) is 24.9 Å². The fraction of sp³-hybridized carbons (Fsp3) is 0.714. The van der Waals surface area contributed by atoms with Gasteiger partial charge in [0, 0.05) is 37.4 Å². The summed E-state index contributed by atoms with van der Waals surface area (Å²) >= 11 is 0. The van der Waals surface area contributed by atoms with Gasteiger partial charge in [-0.1, -0.05) is 26.8 Å². The van der Waals surface area contributed by atoms with Gasteiger partial charge in [-0.2, -0.15) is 0 Å². The zero-order valence-electron chi connectivity index (χ0n) is 21.8. The summed E-state index contributed by atoms with van der Waals surface area (Å²) in [5.41, 5.74) is 2.28. The SMILES string of the molecule is C=CC[C@H](NC(=O)[C@@H]1C[C@H]1OCC)[C@H](O)CN[C@H]1CC2(CCC2)Oc2ncc(CC(C)(C)C)cc21. The van der Waals surface area contributed by atoms with E-state index in [1.54, 1.807) is 6.08 Å². The van der Waals surface area contributed by atoms with E-state index in [-0.39, 0.29) is 35.0 Å². The number of carbonyl (C=O) groups excluding carboxylic acids is 1. The smallest absolute Gasteiger partial charge is 0.226 e. The molecule has 3 aliphatic rings. The van der Waals surface area contributed by atoms with Gasteiger partial charge in [0.15, 0.2) is 0 Å². The van der Waals surface area contributed by atoms with Gasteiger partial charge in [-0.05, 0) is 62.5 Å². The van der Waals surface area contributed by atoms with Crippen LogP contribution in [-0.2, 0) is 16.0 Å². The molecule has 35 heavy (non-hydrogen) atoms. The molecule has 4 rings (SSSR count). The van der Waals surface area contributed by atoms with Crippen molar-refractivity contribution < 1.29 is 19.4 Å². The Morgan fingerprint density at radius 1 is 1.43 bits per heavy atom. The third kappa shape index (κ3) is 6.43. The van der Waals surface area contributed by atoms with Gasteiger partial charge in [0.25, 0.3) is 0 Å². The van der Waals surface area contributed by atoms with Gasteiger partial charge in [-0.15, -0.1) is 6.58 Å². The number of ether oxygens (including phenoxy) is 2. The molecule has 7 nitrogen and oxygen atoms in total. The number of aliphatic hydroxyl groups is 1. The number of amides is 1. The molecule has 1 amide bonds. The maximum Gasteiger partial charge on any atom is 0.226 e. The second kappa shape index (κ2) is 10.6. The molecule has 2 fully saturated rings. The molecular weight excluding hydrogens is 442 g/mol. The van der Waals surface area contributed by atoms with Crippen LogP contribution in [0.2, 0.25) is 0 Å². The van der Waals surface area contributed by atoms with Crippen LogP contribution in [0.1, 0.15) is 83.4 Å². The van der Waals surface area contributed by atoms with Crippen LogP contribution >= 0.6 is 0 Å². The molecular formula is C28H43N3O4. The fourth-order valence-corrected chi connectivity index (χ4v) is 5.38. The lowest BCUT2D eigenvalue weighted by atomic mass is 9.73. The van der Waals surface area contributed by atoms with Crippen LogP contribution in [0.3, 0.4) is 0 Å². The molecule has 2 heterocycles. The van der Waals surface area contributed by atoms with Crippen molar-refractivity contribution in [1.82, 2.24) is 15.6 Å². The summed E-state index contributed by atoms with van der Waals surface area (Å²) < 4.78 is 11.9. The predicted octanol–water partition coefficient (Wildman–Crippen LogP) is 3.85. The zero-order chi connectivity index (χ0) is 25.2. The highest BCUT2D eigenvalue weighted by Gasteiger charge is 2.47. The van der Waals surface area contributed by atoms with Crippen LogP contribution < -0.4 is 15.4 Å². The van der Waals surface area contributed by atoms with Crippen molar-refractivity contribution in [1.29, 1.82) is 0 Å². The lowest BCUT2D eigenvalue weighted by molar-refractivity contribution is -0.124. The van der Waals surface area contributed by atoms with Crippen molar-refractivity contribution in [3.05, 3.63) is 36.0 Å². The minimum absolute atomic E-state index is 0.00634. The van der Waals surface area contributed by atoms with Crippen molar-refractivity contribution in [3.63, 3.8) is 0 Å². The maximum atomic E-state index is 12.7. The van der Waals surface area contributed by atoms with Crippen LogP contribution in [-0.4, -0.2) is 53.0 Å². The van der Waals surface area contributed by atoms with E-state index in [2.05, 4.69) is 44.1 Å². The minimum Gasteiger partial charge on any atom is -0.471 e. The van der Waals surface area contributed by atoms with Crippen molar-refractivity contribution in [3.8, 4) is 5.88 Å². The Morgan fingerprint density at radius 2 is 2.20 bits per heavy atom. The molecule has 2 aliphatic carbocycles. The molecule has 1 aromatic heterocycles. The monoisotopic (exact) mass is 485 g/mol. The van der Waals surface area contributed by atoms with Gasteiger partial charge >= 0.3 is 0 Å². The average Bonchev–Trinajstić information content (AvgIpc) is 3.54. The first kappa shape index (κ1) is 26.1. The van der Waals surface area contributed by atoms with Crippen LogP contribution in [0.4, 0.5) is 0 Å². The first-order chi connectivity index (χ1) is 16.6. The number of nitrogens with zero attached hydrogens (tertiary/aromatic N) is 1. The van der Waals surface area contributed by atoms with Crippen molar-refractivity contribution in [2.45, 2.75) is 103 Å². The van der Waals surface area contributed by atoms with E-state index in [9.17, 15) is 9.90 Å². The number of fused-ring (bicyclic) bond motifs is 1. The summed E-state index contributed by atoms with van der Waals surface area (Å²) in [4.78, 5) is 17.4. The molecule has 0 unspecified atom stereocenters. The van der Waals surface area contributed by atoms with E-state index >= 15 is 0 Å². The van der Waals surface area contributed by atoms with E-state index in [4.69, 9.17) is 14.5 Å². The van der Waals surface area contributed by atoms with Gasteiger partial charge < -0.3 is 25.2 Å². The molecule has 0 radical (unpaired) electrons. The van der Waals surface area contributed by atoms with E-state index in [0.717, 1.165) is 37.7 Å². The van der Waals surface area contributed by atoms with E-state index in [0.29, 0.717) is 25.5 Å². The molecule has 0 bridgehead atoms. The van der Waals surface area contributed by atoms with Gasteiger partial charge in [-0.25, -0.2) is 4.98 Å². The van der Waals surface area contributed by atoms with Gasteiger partial charge in [0.1, 0.15) is 5.60 Å². The number of hydrogen-bond acceptors (Lipinski definition) is 6. The fourth-order valence-electron chi connectivity index (χ4n) is 5.38. The lowest BCUT2D eigenvalue weighted by Crippen LogP contribution is -2.52. The van der Waals surface area contributed by atoms with Crippen molar-refractivity contribution >= 4 is 5.91 Å². The van der Waals surface area contributed by atoms with Gasteiger partial charge in [0.2, 0.25) is 11.8 Å². The Morgan fingerprint density at radius 3 is 2.83 bits per heavy atom. The number of carbonyl (C=O) groups is 1. The summed E-state index contributed by atoms with van der Waals surface area (Å²) in [7, 11) is 0. The van der Waals surface area contributed by atoms with Crippen LogP contribution in [0.5, 0.6) is 5.88 Å². The number of rotatable bonds is 11. The Kier molecular flexibility index (Phi) is 7.89. The van der Waals surface area contributed by atoms with E-state index in [1.807, 2.05) is 13.1 Å². The van der Waals surface area contributed by atoms with E-state index < -0.39 is 12.1 Å². The van der Waals surface area contributed by atoms with Crippen LogP contribution in [0.25, 0.3) is 0 Å². The van der Waals surface area contributed by atoms with Gasteiger partial charge in [-0.3, -0.25) is 4.79 Å². The highest BCUT2D eigenvalue weighted by atomic mass is 16.5. The quantitative estimate of drug-likeness (QED) is 0.412. The summed E-state index contributed by atoms with van der Waals surface area (Å²) in [6, 6.07) is 1.87. The molecule has 194 valence electrons. The third-order valence-electron chi connectivity index (χ3n) is 7.43. The lowest BCUT2D eigenvalue weighted by Gasteiger charge is -2.47. The molecule has 2 saturated carbocycles. The third-order valence-corrected chi connectivity index (χ3v) is 7.43. The maximum absolute atomic E-state index is 12.7. The number of pyridine rings is 1. The minimum atomic E-state index is -0.740. The number of hydrogen-bond donors (Lipinski definition) is 3. The Hall–Kier alpha value is -1.96. The van der Waals surface area contributed by atoms with Crippen molar-refractivity contribution in [2.75, 3.05) is 13.2 Å². The van der Waals surface area contributed by atoms with Crippen molar-refractivity contribution in [2.24, 2.45) is 11.3 Å². The summed E-state index contributed by atoms with van der Waals surface area (Å²) in [6.45, 7) is 13.4. The summed E-state index contributed by atoms with van der Waals surface area (Å²) in [6.07, 6.45) is 9.26. The highest BCUT2D eigenvalue weighted by molar-refractivity contribution is 5.82. The number of aliphatic hydroxyl groups excluding tert-OH is 1. The highest BCUT2D eigenvalue weighted by Crippen LogP contribution is 2.48. The standard InChI is InChI=1S/C28H43N3O4/c1-6-9-21(31-25(33)20-13-24(20)34-7-2)23(32)17-29-22-15-28(10-8-11-28)35-26-19(22)12-18(16-30-26)14-27(3,4)5/h6,12,16,20-24,29,32H,1,7-11,13-15,17H2,2-5H3,(H,31,33)/t20-,21+,22+,23-,24-/m1/s1.